The molecule has 0 fully saturated rings. The molecule has 0 N–H and O–H groups in total. The number of rotatable bonds is 9. The Kier molecular flexibility index (Phi) is 7.90. The first-order chi connectivity index (χ1) is 18.7. The molecule has 2 aliphatic heterocycles. The molecule has 0 nitrogen and oxygen atoms in total. The van der Waals surface area contributed by atoms with Gasteiger partial charge in [-0.15, -0.1) is 11.8 Å². The second-order valence-corrected chi connectivity index (χ2v) is 12.9. The summed E-state index contributed by atoms with van der Waals surface area (Å²) in [4.78, 5) is 4.38. The maximum Gasteiger partial charge on any atom is 0.0154 e. The average Bonchev–Trinajstić information content (AvgIpc) is 3.39. The van der Waals surface area contributed by atoms with Gasteiger partial charge in [0.2, 0.25) is 0 Å². The van der Waals surface area contributed by atoms with Gasteiger partial charge >= 0.3 is 0 Å². The molecule has 1 atom stereocenters. The fourth-order valence-electron chi connectivity index (χ4n) is 5.52. The molecule has 2 heteroatoms. The second-order valence-electron chi connectivity index (χ2n) is 10.6. The van der Waals surface area contributed by atoms with Gasteiger partial charge in [-0.3, -0.25) is 0 Å². The maximum atomic E-state index is 4.40. The first-order valence-corrected chi connectivity index (χ1v) is 15.5. The molecule has 4 aromatic rings. The van der Waals surface area contributed by atoms with Gasteiger partial charge in [-0.2, -0.15) is 0 Å². The van der Waals surface area contributed by atoms with Crippen molar-refractivity contribution in [1.82, 2.24) is 0 Å². The summed E-state index contributed by atoms with van der Waals surface area (Å²) in [5.41, 5.74) is 7.07. The predicted octanol–water partition coefficient (Wildman–Crippen LogP) is 9.98. The van der Waals surface area contributed by atoms with E-state index in [2.05, 4.69) is 110 Å². The van der Waals surface area contributed by atoms with Crippen LogP contribution in [0.25, 0.3) is 10.8 Å². The zero-order chi connectivity index (χ0) is 25.7. The first-order valence-electron chi connectivity index (χ1n) is 13.7. The monoisotopic (exact) mass is 530 g/mol. The second kappa shape index (κ2) is 11.8. The molecule has 1 unspecified atom stereocenters. The smallest absolute Gasteiger partial charge is 0.0154 e. The van der Waals surface area contributed by atoms with E-state index in [0.29, 0.717) is 5.92 Å². The van der Waals surface area contributed by atoms with Crippen LogP contribution in [0.1, 0.15) is 35.1 Å². The van der Waals surface area contributed by atoms with Crippen LogP contribution in [0.4, 0.5) is 0 Å². The van der Waals surface area contributed by atoms with Crippen LogP contribution < -0.4 is 0 Å². The van der Waals surface area contributed by atoms with E-state index < -0.39 is 0 Å². The molecule has 4 aromatic carbocycles. The molecule has 2 heterocycles. The zero-order valence-electron chi connectivity index (χ0n) is 21.9. The number of aryl methyl sites for hydroxylation is 1. The summed E-state index contributed by atoms with van der Waals surface area (Å²) >= 11 is 3.96. The predicted molar refractivity (Wildman–Crippen MR) is 168 cm³/mol. The zero-order valence-corrected chi connectivity index (χ0v) is 23.5. The Morgan fingerprint density at radius 1 is 0.816 bits per heavy atom. The van der Waals surface area contributed by atoms with Crippen molar-refractivity contribution in [2.75, 3.05) is 5.75 Å². The van der Waals surface area contributed by atoms with E-state index in [-0.39, 0.29) is 0 Å². The van der Waals surface area contributed by atoms with E-state index >= 15 is 0 Å². The van der Waals surface area contributed by atoms with Crippen molar-refractivity contribution in [3.05, 3.63) is 147 Å². The van der Waals surface area contributed by atoms with Gasteiger partial charge in [0.15, 0.2) is 0 Å². The molecule has 0 aliphatic carbocycles. The fourth-order valence-corrected chi connectivity index (χ4v) is 7.88. The molecular weight excluding hydrogens is 497 g/mol. The Morgan fingerprint density at radius 2 is 1.61 bits per heavy atom. The fraction of sp³-hybridized carbons (Fsp3) is 0.222. The van der Waals surface area contributed by atoms with Gasteiger partial charge in [0, 0.05) is 17.1 Å². The van der Waals surface area contributed by atoms with Crippen LogP contribution in [0.5, 0.6) is 0 Å². The normalized spacial score (nSPS) is 16.7. The summed E-state index contributed by atoms with van der Waals surface area (Å²) in [5, 5.41) is 2.75. The highest BCUT2D eigenvalue weighted by atomic mass is 32.2. The van der Waals surface area contributed by atoms with Gasteiger partial charge < -0.3 is 0 Å². The number of hydrogen-bond acceptors (Lipinski definition) is 2. The highest BCUT2D eigenvalue weighted by Gasteiger charge is 2.18. The third-order valence-corrected chi connectivity index (χ3v) is 10.1. The topological polar surface area (TPSA) is 0 Å². The maximum absolute atomic E-state index is 4.40. The number of hydrogen-bond donors (Lipinski definition) is 0. The van der Waals surface area contributed by atoms with Crippen molar-refractivity contribution in [3.63, 3.8) is 0 Å². The third kappa shape index (κ3) is 6.20. The highest BCUT2D eigenvalue weighted by Crippen LogP contribution is 2.38. The summed E-state index contributed by atoms with van der Waals surface area (Å²) in [5.74, 6) is 1.82. The Morgan fingerprint density at radius 3 is 2.53 bits per heavy atom. The quantitative estimate of drug-likeness (QED) is 0.197. The molecule has 0 amide bonds. The lowest BCUT2D eigenvalue weighted by Gasteiger charge is -2.17. The molecule has 0 radical (unpaired) electrons. The van der Waals surface area contributed by atoms with Crippen molar-refractivity contribution >= 4 is 34.3 Å². The lowest BCUT2D eigenvalue weighted by molar-refractivity contribution is 0.747. The van der Waals surface area contributed by atoms with Gasteiger partial charge in [-0.05, 0) is 86.9 Å². The minimum atomic E-state index is 0.622. The van der Waals surface area contributed by atoms with Crippen LogP contribution in [0.2, 0.25) is 0 Å². The summed E-state index contributed by atoms with van der Waals surface area (Å²) in [6, 6.07) is 33.5. The molecule has 190 valence electrons. The van der Waals surface area contributed by atoms with Crippen molar-refractivity contribution in [1.29, 1.82) is 0 Å². The van der Waals surface area contributed by atoms with E-state index in [1.165, 1.54) is 59.1 Å². The lowest BCUT2D eigenvalue weighted by atomic mass is 9.95. The van der Waals surface area contributed by atoms with Gasteiger partial charge in [0.1, 0.15) is 0 Å². The van der Waals surface area contributed by atoms with Crippen LogP contribution >= 0.6 is 23.5 Å². The summed E-state index contributed by atoms with van der Waals surface area (Å²) in [7, 11) is 0. The molecule has 0 saturated heterocycles. The van der Waals surface area contributed by atoms with Crippen molar-refractivity contribution in [2.45, 2.75) is 43.4 Å². The Bertz CT molecular complexity index is 1500. The first kappa shape index (κ1) is 25.3. The summed E-state index contributed by atoms with van der Waals surface area (Å²) in [6.45, 7) is 4.40. The molecule has 0 saturated carbocycles. The minimum Gasteiger partial charge on any atom is -0.130 e. The van der Waals surface area contributed by atoms with Crippen LogP contribution in [0.3, 0.4) is 0 Å². The van der Waals surface area contributed by atoms with Crippen LogP contribution in [-0.4, -0.2) is 5.75 Å². The van der Waals surface area contributed by atoms with Gasteiger partial charge in [0.25, 0.3) is 0 Å². The van der Waals surface area contributed by atoms with Crippen molar-refractivity contribution in [2.24, 2.45) is 5.92 Å². The van der Waals surface area contributed by atoms with Crippen molar-refractivity contribution in [3.8, 4) is 0 Å². The van der Waals surface area contributed by atoms with Gasteiger partial charge in [-0.25, -0.2) is 0 Å². The Labute approximate surface area is 236 Å². The van der Waals surface area contributed by atoms with E-state index in [0.717, 1.165) is 38.5 Å². The number of benzene rings is 4. The number of fused-ring (bicyclic) bond motifs is 2. The number of thioether (sulfide) groups is 2. The average molecular weight is 531 g/mol. The SMILES string of the molecule is C=C(CCc1ccc(CC2=CC(Cc3cccc4ccccc34)CS2)cc1)CC1=CCc2ccccc2S1. The minimum absolute atomic E-state index is 0.622. The van der Waals surface area contributed by atoms with Crippen LogP contribution in [0.15, 0.2) is 130 Å². The largest absolute Gasteiger partial charge is 0.130 e. The lowest BCUT2D eigenvalue weighted by Crippen LogP contribution is -2.01. The van der Waals surface area contributed by atoms with Gasteiger partial charge in [-0.1, -0.05) is 121 Å². The van der Waals surface area contributed by atoms with Crippen LogP contribution in [0, 0.1) is 5.92 Å². The standard InChI is InChI=1S/C36H34S2/c1-26(21-33-20-19-31-8-3-5-12-36(31)38-33)13-14-27-15-17-28(18-16-27)23-34-24-29(25-37-34)22-32-10-6-9-30-7-2-4-11-35(30)32/h2-12,15-18,20,24,29H,1,13-14,19,21-23,25H2. The summed E-state index contributed by atoms with van der Waals surface area (Å²) < 4.78 is 0. The van der Waals surface area contributed by atoms with E-state index in [4.69, 9.17) is 0 Å². The molecule has 38 heavy (non-hydrogen) atoms. The van der Waals surface area contributed by atoms with Crippen LogP contribution in [-0.2, 0) is 25.7 Å². The molecule has 0 spiro atoms. The number of allylic oxidation sites excluding steroid dienone is 5. The molecule has 6 rings (SSSR count). The Balaban J connectivity index is 0.988. The Hall–Kier alpha value is -2.94. The molecule has 0 aromatic heterocycles. The third-order valence-electron chi connectivity index (χ3n) is 7.62. The summed E-state index contributed by atoms with van der Waals surface area (Å²) in [6.07, 6.45) is 11.3. The van der Waals surface area contributed by atoms with E-state index in [9.17, 15) is 0 Å². The highest BCUT2D eigenvalue weighted by molar-refractivity contribution is 8.03. The van der Waals surface area contributed by atoms with Gasteiger partial charge in [0.05, 0.1) is 0 Å². The van der Waals surface area contributed by atoms with Crippen molar-refractivity contribution < 1.29 is 0 Å². The molecular formula is C36H34S2. The molecule has 0 bridgehead atoms. The van der Waals surface area contributed by atoms with E-state index in [1.807, 2.05) is 23.5 Å². The van der Waals surface area contributed by atoms with E-state index in [1.54, 1.807) is 0 Å². The molecule has 2 aliphatic rings.